The number of hydrogen-bond donors (Lipinski definition) is 1. The van der Waals surface area contributed by atoms with Crippen LogP contribution in [0.2, 0.25) is 0 Å². The first kappa shape index (κ1) is 29.2. The molecule has 1 aromatic carbocycles. The molecule has 2 bridgehead atoms. The summed E-state index contributed by atoms with van der Waals surface area (Å²) in [5.41, 5.74) is -1.27. The van der Waals surface area contributed by atoms with Crippen LogP contribution in [0.5, 0.6) is 11.5 Å². The van der Waals surface area contributed by atoms with Gasteiger partial charge in [-0.15, -0.1) is 10.1 Å². The van der Waals surface area contributed by atoms with Crippen molar-refractivity contribution in [2.24, 2.45) is 17.3 Å². The fourth-order valence-corrected chi connectivity index (χ4v) is 5.50. The zero-order valence-corrected chi connectivity index (χ0v) is 21.7. The van der Waals surface area contributed by atoms with Crippen molar-refractivity contribution < 1.29 is 47.7 Å². The summed E-state index contributed by atoms with van der Waals surface area (Å²) in [4.78, 5) is 51.9. The largest absolute Gasteiger partial charge is 0.508 e. The number of esters is 2. The van der Waals surface area contributed by atoms with E-state index in [4.69, 9.17) is 9.47 Å². The summed E-state index contributed by atoms with van der Waals surface area (Å²) in [6.07, 6.45) is 2.10. The Hall–Kier alpha value is -3.31. The Kier molecular flexibility index (Phi) is 8.94. The van der Waals surface area contributed by atoms with Crippen LogP contribution in [0.1, 0.15) is 82.8 Å². The quantitative estimate of drug-likeness (QED) is 0.122. The van der Waals surface area contributed by atoms with Gasteiger partial charge in [0.2, 0.25) is 0 Å². The van der Waals surface area contributed by atoms with E-state index in [1.807, 2.05) is 20.8 Å². The molecule has 3 saturated carbocycles. The van der Waals surface area contributed by atoms with Gasteiger partial charge in [-0.2, -0.15) is 8.78 Å². The summed E-state index contributed by atoms with van der Waals surface area (Å²) in [5, 5.41) is 20.2. The maximum atomic E-state index is 15.1. The Morgan fingerprint density at radius 3 is 2.53 bits per heavy atom. The number of rotatable bonds is 13. The number of hydrogen-bond acceptors (Lipinski definition) is 9. The number of phenolic OH excluding ortho intramolecular Hbond substituents is 1. The third-order valence-electron chi connectivity index (χ3n) is 7.68. The molecule has 4 rings (SSSR count). The fraction of sp³-hybridized carbons (Fsp3) is 0.654. The number of phenols is 1. The molecular weight excluding hydrogens is 508 g/mol. The SMILES string of the molecule is CCCCCOC(=O)C(F)(F)c1cc(O)c([C@@H]2CC(=O)[C@@H]3C[C@H]2C3(C)C)c(OC(=O)CCCO[N+](=O)[O-])c1. The molecule has 210 valence electrons. The third-order valence-corrected chi connectivity index (χ3v) is 7.68. The lowest BCUT2D eigenvalue weighted by atomic mass is 9.44. The summed E-state index contributed by atoms with van der Waals surface area (Å²) < 4.78 is 40.2. The highest BCUT2D eigenvalue weighted by Gasteiger charge is 2.59. The molecular formula is C26H33F2NO9. The molecule has 12 heteroatoms. The van der Waals surface area contributed by atoms with Crippen molar-refractivity contribution in [2.75, 3.05) is 13.2 Å². The van der Waals surface area contributed by atoms with Gasteiger partial charge in [0.05, 0.1) is 13.2 Å². The van der Waals surface area contributed by atoms with Crippen molar-refractivity contribution in [3.8, 4) is 11.5 Å². The molecule has 0 radical (unpaired) electrons. The molecule has 38 heavy (non-hydrogen) atoms. The minimum absolute atomic E-state index is 0.0267. The van der Waals surface area contributed by atoms with E-state index < -0.39 is 51.3 Å². The lowest BCUT2D eigenvalue weighted by Gasteiger charge is -2.59. The number of ether oxygens (including phenoxy) is 2. The molecule has 3 aliphatic rings. The van der Waals surface area contributed by atoms with Gasteiger partial charge in [0.1, 0.15) is 17.3 Å². The first-order valence-electron chi connectivity index (χ1n) is 12.7. The van der Waals surface area contributed by atoms with Crippen molar-refractivity contribution >= 4 is 17.7 Å². The molecule has 0 spiro atoms. The lowest BCUT2D eigenvalue weighted by Crippen LogP contribution is -2.56. The van der Waals surface area contributed by atoms with Crippen LogP contribution in [0.15, 0.2) is 12.1 Å². The Morgan fingerprint density at radius 1 is 1.21 bits per heavy atom. The van der Waals surface area contributed by atoms with Gasteiger partial charge in [-0.3, -0.25) is 9.59 Å². The highest BCUT2D eigenvalue weighted by molar-refractivity contribution is 5.86. The Balaban J connectivity index is 1.92. The van der Waals surface area contributed by atoms with Gasteiger partial charge >= 0.3 is 17.9 Å². The number of halogens is 2. The number of benzene rings is 1. The zero-order chi connectivity index (χ0) is 28.3. The molecule has 1 N–H and O–H groups in total. The fourth-order valence-electron chi connectivity index (χ4n) is 5.50. The van der Waals surface area contributed by atoms with Gasteiger partial charge in [0, 0.05) is 35.8 Å². The minimum Gasteiger partial charge on any atom is -0.508 e. The number of unbranched alkanes of at least 4 members (excludes halogenated alkanes) is 2. The number of fused-ring (bicyclic) bond motifs is 2. The van der Waals surface area contributed by atoms with Crippen LogP contribution in [0.3, 0.4) is 0 Å². The van der Waals surface area contributed by atoms with Crippen molar-refractivity contribution in [2.45, 2.75) is 77.6 Å². The Labute approximate surface area is 218 Å². The van der Waals surface area contributed by atoms with Gasteiger partial charge in [-0.05, 0) is 42.7 Å². The molecule has 0 heterocycles. The van der Waals surface area contributed by atoms with E-state index in [1.54, 1.807) is 0 Å². The smallest absolute Gasteiger partial charge is 0.381 e. The van der Waals surface area contributed by atoms with E-state index in [1.165, 1.54) is 0 Å². The number of nitrogens with zero attached hydrogens (tertiary/aromatic N) is 1. The maximum absolute atomic E-state index is 15.1. The molecule has 3 fully saturated rings. The van der Waals surface area contributed by atoms with Crippen LogP contribution >= 0.6 is 0 Å². The number of alkyl halides is 2. The summed E-state index contributed by atoms with van der Waals surface area (Å²) in [7, 11) is 0. The zero-order valence-electron chi connectivity index (χ0n) is 21.7. The van der Waals surface area contributed by atoms with E-state index in [0.717, 1.165) is 18.6 Å². The van der Waals surface area contributed by atoms with E-state index >= 15 is 8.78 Å². The molecule has 1 aromatic rings. The molecule has 3 atom stereocenters. The summed E-state index contributed by atoms with van der Waals surface area (Å²) in [6, 6.07) is 1.56. The number of Topliss-reactive ketones (excluding diaryl/α,β-unsaturated/α-hetero) is 1. The average molecular weight is 542 g/mol. The third kappa shape index (κ3) is 6.05. The second kappa shape index (κ2) is 11.6. The maximum Gasteiger partial charge on any atom is 0.381 e. The molecule has 0 aromatic heterocycles. The topological polar surface area (TPSA) is 142 Å². The van der Waals surface area contributed by atoms with Crippen molar-refractivity contribution in [3.05, 3.63) is 33.4 Å². The van der Waals surface area contributed by atoms with Gasteiger partial charge < -0.3 is 19.4 Å². The number of carbonyl (C=O) groups excluding carboxylic acids is 3. The number of aromatic hydroxyl groups is 1. The number of carbonyl (C=O) groups is 3. The average Bonchev–Trinajstić information content (AvgIpc) is 2.83. The normalized spacial score (nSPS) is 21.8. The van der Waals surface area contributed by atoms with Crippen molar-refractivity contribution in [1.82, 2.24) is 0 Å². The molecule has 0 aliphatic heterocycles. The highest BCUT2D eigenvalue weighted by atomic mass is 19.3. The van der Waals surface area contributed by atoms with Gasteiger partial charge in [0.15, 0.2) is 0 Å². The van der Waals surface area contributed by atoms with Gasteiger partial charge in [0.25, 0.3) is 5.09 Å². The Bertz CT molecular complexity index is 1090. The van der Waals surface area contributed by atoms with Crippen LogP contribution < -0.4 is 4.74 Å². The minimum atomic E-state index is -4.15. The molecule has 0 saturated heterocycles. The predicted molar refractivity (Wildman–Crippen MR) is 128 cm³/mol. The van der Waals surface area contributed by atoms with Crippen LogP contribution in [0, 0.1) is 27.4 Å². The van der Waals surface area contributed by atoms with E-state index in [-0.39, 0.29) is 55.7 Å². The standard InChI is InChI=1S/C26H33F2NO9/c1-4-5-6-9-36-24(33)26(27,28)15-11-20(31)23(16-13-19(30)18-14-17(16)25(18,2)3)21(12-15)38-22(32)8-7-10-37-29(34)35/h11-12,16-18,31H,4-10,13-14H2,1-3H3/t16-,17-,18+/m1/s1. The first-order chi connectivity index (χ1) is 17.8. The van der Waals surface area contributed by atoms with Crippen LogP contribution in [-0.4, -0.2) is 41.1 Å². The molecule has 3 aliphatic carbocycles. The molecule has 10 nitrogen and oxygen atoms in total. The van der Waals surface area contributed by atoms with Crippen LogP contribution in [0.4, 0.5) is 8.78 Å². The molecule has 0 unspecified atom stereocenters. The van der Waals surface area contributed by atoms with E-state index in [0.29, 0.717) is 19.3 Å². The second-order valence-electron chi connectivity index (χ2n) is 10.5. The lowest BCUT2D eigenvalue weighted by molar-refractivity contribution is -0.757. The number of ketones is 1. The summed E-state index contributed by atoms with van der Waals surface area (Å²) >= 11 is 0. The highest BCUT2D eigenvalue weighted by Crippen LogP contribution is 2.64. The monoisotopic (exact) mass is 541 g/mol. The summed E-state index contributed by atoms with van der Waals surface area (Å²) in [6.45, 7) is 5.18. The van der Waals surface area contributed by atoms with Crippen LogP contribution in [-0.2, 0) is 29.9 Å². The van der Waals surface area contributed by atoms with Gasteiger partial charge in [-0.25, -0.2) is 4.79 Å². The van der Waals surface area contributed by atoms with Crippen LogP contribution in [0.25, 0.3) is 0 Å². The van der Waals surface area contributed by atoms with E-state index in [2.05, 4.69) is 4.84 Å². The van der Waals surface area contributed by atoms with Gasteiger partial charge in [-0.1, -0.05) is 33.6 Å². The second-order valence-corrected chi connectivity index (χ2v) is 10.5. The van der Waals surface area contributed by atoms with Crippen molar-refractivity contribution in [3.63, 3.8) is 0 Å². The molecule has 0 amide bonds. The summed E-state index contributed by atoms with van der Waals surface area (Å²) in [5.74, 6) is -8.70. The van der Waals surface area contributed by atoms with E-state index in [9.17, 15) is 29.6 Å². The van der Waals surface area contributed by atoms with Crippen molar-refractivity contribution in [1.29, 1.82) is 0 Å². The first-order valence-corrected chi connectivity index (χ1v) is 12.7. The Morgan fingerprint density at radius 2 is 1.92 bits per heavy atom. The predicted octanol–water partition coefficient (Wildman–Crippen LogP) is 4.83.